The first-order valence-corrected chi connectivity index (χ1v) is 8.39. The molecule has 21 heavy (non-hydrogen) atoms. The van der Waals surface area contributed by atoms with E-state index < -0.39 is 0 Å². The molecule has 1 aliphatic heterocycles. The summed E-state index contributed by atoms with van der Waals surface area (Å²) in [7, 11) is 4.05. The molecule has 1 heterocycles. The summed E-state index contributed by atoms with van der Waals surface area (Å²) in [6, 6.07) is 17.0. The summed E-state index contributed by atoms with van der Waals surface area (Å²) in [5, 5.41) is 0. The molecule has 0 atom stereocenters. The van der Waals surface area contributed by atoms with Crippen LogP contribution in [0.5, 0.6) is 0 Å². The molecule has 0 N–H and O–H groups in total. The van der Waals surface area contributed by atoms with Gasteiger partial charge in [0.15, 0.2) is 0 Å². The number of benzene rings is 2. The predicted molar refractivity (Wildman–Crippen MR) is 92.7 cm³/mol. The SMILES string of the molecule is CN(C)/C=C/C(=[Se])N1c2ccccc2Sc2ccccc21. The van der Waals surface area contributed by atoms with E-state index in [2.05, 4.69) is 81.3 Å². The van der Waals surface area contributed by atoms with Crippen LogP contribution in [0.1, 0.15) is 0 Å². The summed E-state index contributed by atoms with van der Waals surface area (Å²) < 4.78 is 1.09. The molecular weight excluding hydrogens is 343 g/mol. The van der Waals surface area contributed by atoms with E-state index in [0.717, 1.165) is 4.54 Å². The third kappa shape index (κ3) is 2.93. The first kappa shape index (κ1) is 14.5. The van der Waals surface area contributed by atoms with E-state index in [0.29, 0.717) is 0 Å². The van der Waals surface area contributed by atoms with E-state index in [1.807, 2.05) is 30.8 Å². The molecule has 3 rings (SSSR count). The van der Waals surface area contributed by atoms with Gasteiger partial charge >= 0.3 is 138 Å². The third-order valence-electron chi connectivity index (χ3n) is 3.17. The molecule has 0 aliphatic carbocycles. The fourth-order valence-corrected chi connectivity index (χ4v) is 3.83. The molecule has 4 heteroatoms. The minimum atomic E-state index is 1.09. The molecule has 106 valence electrons. The normalized spacial score (nSPS) is 13.0. The minimum absolute atomic E-state index is 1.09. The van der Waals surface area contributed by atoms with Crippen LogP contribution in [0.15, 0.2) is 70.6 Å². The Morgan fingerprint density at radius 2 is 1.52 bits per heavy atom. The molecule has 0 aromatic heterocycles. The molecule has 2 aromatic rings. The second-order valence-electron chi connectivity index (χ2n) is 4.99. The number of hydrogen-bond acceptors (Lipinski definition) is 3. The average molecular weight is 359 g/mol. The second kappa shape index (κ2) is 6.10. The molecule has 0 fully saturated rings. The number of rotatable bonds is 3. The Morgan fingerprint density at radius 3 is 2.05 bits per heavy atom. The Kier molecular flexibility index (Phi) is 4.20. The van der Waals surface area contributed by atoms with Crippen molar-refractivity contribution < 1.29 is 0 Å². The Labute approximate surface area is 137 Å². The molecule has 0 spiro atoms. The van der Waals surface area contributed by atoms with Gasteiger partial charge in [-0.2, -0.15) is 0 Å². The van der Waals surface area contributed by atoms with E-state index >= 15 is 0 Å². The molecule has 0 saturated heterocycles. The van der Waals surface area contributed by atoms with Crippen molar-refractivity contribution in [3.63, 3.8) is 0 Å². The molecule has 0 amide bonds. The van der Waals surface area contributed by atoms with Gasteiger partial charge in [-0.05, 0) is 0 Å². The van der Waals surface area contributed by atoms with Gasteiger partial charge < -0.3 is 0 Å². The molecule has 2 aromatic carbocycles. The standard InChI is InChI=1S/C17H16N2SSe/c1-18(2)12-11-17(21)19-13-7-3-5-9-15(13)20-16-10-6-4-8-14(16)19/h3-12H,1-2H3/b12-11+. The first-order chi connectivity index (χ1) is 10.2. The van der Waals surface area contributed by atoms with E-state index in [9.17, 15) is 0 Å². The predicted octanol–water partition coefficient (Wildman–Crippen LogP) is 3.66. The summed E-state index contributed by atoms with van der Waals surface area (Å²) in [5.74, 6) is 0. The molecule has 2 nitrogen and oxygen atoms in total. The number of anilines is 2. The van der Waals surface area contributed by atoms with Gasteiger partial charge in [0.2, 0.25) is 0 Å². The Bertz CT molecular complexity index is 664. The summed E-state index contributed by atoms with van der Waals surface area (Å²) in [6.07, 6.45) is 4.16. The molecule has 1 aliphatic rings. The van der Waals surface area contributed by atoms with Gasteiger partial charge in [0, 0.05) is 0 Å². The van der Waals surface area contributed by atoms with Gasteiger partial charge in [0.1, 0.15) is 0 Å². The van der Waals surface area contributed by atoms with Gasteiger partial charge in [0.25, 0.3) is 0 Å². The van der Waals surface area contributed by atoms with Crippen molar-refractivity contribution in [1.82, 2.24) is 4.90 Å². The fraction of sp³-hybridized carbons (Fsp3) is 0.118. The van der Waals surface area contributed by atoms with Gasteiger partial charge in [-0.25, -0.2) is 0 Å². The molecular formula is C17H16N2SSe. The third-order valence-corrected chi connectivity index (χ3v) is 4.97. The fourth-order valence-electron chi connectivity index (χ4n) is 2.23. The van der Waals surface area contributed by atoms with E-state index in [-0.39, 0.29) is 0 Å². The van der Waals surface area contributed by atoms with Crippen molar-refractivity contribution in [2.75, 3.05) is 19.0 Å². The van der Waals surface area contributed by atoms with E-state index in [4.69, 9.17) is 0 Å². The van der Waals surface area contributed by atoms with Crippen LogP contribution in [0.3, 0.4) is 0 Å². The molecule has 0 bridgehead atoms. The summed E-state index contributed by atoms with van der Waals surface area (Å²) in [5.41, 5.74) is 2.44. The summed E-state index contributed by atoms with van der Waals surface area (Å²) in [4.78, 5) is 6.87. The van der Waals surface area contributed by atoms with Gasteiger partial charge in [-0.1, -0.05) is 0 Å². The van der Waals surface area contributed by atoms with Crippen LogP contribution in [0.4, 0.5) is 11.4 Å². The maximum absolute atomic E-state index is 3.20. The van der Waals surface area contributed by atoms with Crippen LogP contribution in [-0.4, -0.2) is 39.1 Å². The first-order valence-electron chi connectivity index (χ1n) is 6.71. The molecule has 0 saturated carbocycles. The van der Waals surface area contributed by atoms with Crippen LogP contribution in [-0.2, 0) is 0 Å². The Balaban J connectivity index is 2.08. The van der Waals surface area contributed by atoms with Crippen molar-refractivity contribution in [3.05, 3.63) is 60.8 Å². The topological polar surface area (TPSA) is 6.48 Å². The second-order valence-corrected chi connectivity index (χ2v) is 6.95. The average Bonchev–Trinajstić information content (AvgIpc) is 2.50. The van der Waals surface area contributed by atoms with Crippen molar-refractivity contribution in [2.24, 2.45) is 0 Å². The van der Waals surface area contributed by atoms with E-state index in [1.165, 1.54) is 21.2 Å². The molecule has 0 unspecified atom stereocenters. The van der Waals surface area contributed by atoms with Crippen LogP contribution >= 0.6 is 11.8 Å². The van der Waals surface area contributed by atoms with Crippen molar-refractivity contribution in [2.45, 2.75) is 9.79 Å². The van der Waals surface area contributed by atoms with E-state index in [1.54, 1.807) is 0 Å². The van der Waals surface area contributed by atoms with Crippen molar-refractivity contribution in [1.29, 1.82) is 0 Å². The van der Waals surface area contributed by atoms with Crippen molar-refractivity contribution >= 4 is 43.3 Å². The number of para-hydroxylation sites is 2. The van der Waals surface area contributed by atoms with Crippen molar-refractivity contribution in [3.8, 4) is 0 Å². The zero-order chi connectivity index (χ0) is 14.8. The monoisotopic (exact) mass is 360 g/mol. The molecule has 0 radical (unpaired) electrons. The Morgan fingerprint density at radius 1 is 1.00 bits per heavy atom. The number of hydrogen-bond donors (Lipinski definition) is 0. The Hall–Kier alpha value is -1.48. The van der Waals surface area contributed by atoms with Gasteiger partial charge in [-0.3, -0.25) is 0 Å². The number of fused-ring (bicyclic) bond motifs is 2. The summed E-state index contributed by atoms with van der Waals surface area (Å²) >= 11 is 5.03. The zero-order valence-electron chi connectivity index (χ0n) is 12.0. The summed E-state index contributed by atoms with van der Waals surface area (Å²) in [6.45, 7) is 0. The zero-order valence-corrected chi connectivity index (χ0v) is 14.5. The van der Waals surface area contributed by atoms with Crippen LogP contribution in [0.2, 0.25) is 0 Å². The van der Waals surface area contributed by atoms with Gasteiger partial charge in [0.05, 0.1) is 0 Å². The van der Waals surface area contributed by atoms with Crippen LogP contribution in [0, 0.1) is 0 Å². The van der Waals surface area contributed by atoms with Crippen LogP contribution in [0.25, 0.3) is 0 Å². The van der Waals surface area contributed by atoms with Gasteiger partial charge in [-0.15, -0.1) is 0 Å². The number of nitrogens with zero attached hydrogens (tertiary/aromatic N) is 2. The maximum atomic E-state index is 3.20. The quantitative estimate of drug-likeness (QED) is 0.773. The van der Waals surface area contributed by atoms with Crippen LogP contribution < -0.4 is 4.90 Å².